The molecule has 0 bridgehead atoms. The Kier molecular flexibility index (Phi) is 7.97. The number of Topliss-reactive ketones (excluding diaryl/α,β-unsaturated/α-hetero) is 2. The Morgan fingerprint density at radius 2 is 2.13 bits per heavy atom. The summed E-state index contributed by atoms with van der Waals surface area (Å²) in [6.45, 7) is 3.34. The molecule has 2 heterocycles. The molecule has 30 heavy (non-hydrogen) atoms. The molecule has 2 atom stereocenters. The fourth-order valence-corrected chi connectivity index (χ4v) is 4.44. The molecule has 1 saturated carbocycles. The Labute approximate surface area is 182 Å². The van der Waals surface area contributed by atoms with Crippen molar-refractivity contribution < 1.29 is 19.1 Å². The first-order valence-corrected chi connectivity index (χ1v) is 11.0. The van der Waals surface area contributed by atoms with Crippen molar-refractivity contribution in [1.29, 1.82) is 0 Å². The molecule has 8 heteroatoms. The first-order valence-electron chi connectivity index (χ1n) is 10.7. The molecule has 164 valence electrons. The molecule has 0 saturated heterocycles. The fraction of sp³-hybridized carbons (Fsp3) is 0.636. The van der Waals surface area contributed by atoms with E-state index in [2.05, 4.69) is 9.97 Å². The molecule has 1 aromatic heterocycles. The van der Waals surface area contributed by atoms with Crippen LogP contribution in [0.5, 0.6) is 0 Å². The second-order valence-corrected chi connectivity index (χ2v) is 8.33. The zero-order valence-electron chi connectivity index (χ0n) is 17.7. The van der Waals surface area contributed by atoms with Crippen LogP contribution in [0, 0.1) is 5.92 Å². The highest BCUT2D eigenvalue weighted by molar-refractivity contribution is 6.30. The van der Waals surface area contributed by atoms with Gasteiger partial charge in [0.25, 0.3) is 0 Å². The molecule has 0 radical (unpaired) electrons. The lowest BCUT2D eigenvalue weighted by Gasteiger charge is -2.26. The van der Waals surface area contributed by atoms with E-state index in [0.29, 0.717) is 56.8 Å². The molecular weight excluding hydrogens is 406 g/mol. The van der Waals surface area contributed by atoms with Crippen molar-refractivity contribution in [3.63, 3.8) is 0 Å². The number of halogens is 1. The van der Waals surface area contributed by atoms with E-state index in [-0.39, 0.29) is 34.4 Å². The van der Waals surface area contributed by atoms with Gasteiger partial charge in [-0.15, -0.1) is 0 Å². The zero-order chi connectivity index (χ0) is 21.7. The number of nitrogens with zero attached hydrogens (tertiary/aromatic N) is 2. The van der Waals surface area contributed by atoms with E-state index in [1.165, 1.54) is 0 Å². The Bertz CT molecular complexity index is 840. The summed E-state index contributed by atoms with van der Waals surface area (Å²) in [6, 6.07) is 0. The summed E-state index contributed by atoms with van der Waals surface area (Å²) < 4.78 is 10.8. The fourth-order valence-electron chi connectivity index (χ4n) is 4.20. The highest BCUT2D eigenvalue weighted by Crippen LogP contribution is 2.33. The van der Waals surface area contributed by atoms with E-state index >= 15 is 0 Å². The van der Waals surface area contributed by atoms with Crippen LogP contribution in [-0.2, 0) is 20.9 Å². The Balaban J connectivity index is 1.98. The van der Waals surface area contributed by atoms with E-state index in [9.17, 15) is 9.59 Å². The van der Waals surface area contributed by atoms with Crippen LogP contribution in [0.25, 0.3) is 0 Å². The SMILES string of the molecule is CCC/C(C(=O)c1nc(Cl)c2c(n1)[C@@H](CCOC)COC2)=C(/N)C1CCCCC1=O. The van der Waals surface area contributed by atoms with Gasteiger partial charge in [0.1, 0.15) is 10.9 Å². The van der Waals surface area contributed by atoms with Crippen LogP contribution < -0.4 is 5.73 Å². The zero-order valence-corrected chi connectivity index (χ0v) is 18.5. The lowest BCUT2D eigenvalue weighted by Crippen LogP contribution is -2.29. The number of aromatic nitrogens is 2. The molecule has 1 fully saturated rings. The van der Waals surface area contributed by atoms with Crippen molar-refractivity contribution in [1.82, 2.24) is 9.97 Å². The molecule has 0 aromatic carbocycles. The monoisotopic (exact) mass is 435 g/mol. The van der Waals surface area contributed by atoms with E-state index in [0.717, 1.165) is 30.5 Å². The number of methoxy groups -OCH3 is 1. The normalized spacial score (nSPS) is 22.4. The number of hydrogen-bond donors (Lipinski definition) is 1. The summed E-state index contributed by atoms with van der Waals surface area (Å²) in [5, 5.41) is 0.230. The first-order chi connectivity index (χ1) is 14.5. The van der Waals surface area contributed by atoms with Crippen molar-refractivity contribution in [2.75, 3.05) is 20.3 Å². The topological polar surface area (TPSA) is 104 Å². The number of hydrogen-bond acceptors (Lipinski definition) is 7. The van der Waals surface area contributed by atoms with E-state index < -0.39 is 0 Å². The summed E-state index contributed by atoms with van der Waals surface area (Å²) >= 11 is 6.41. The van der Waals surface area contributed by atoms with E-state index in [1.807, 2.05) is 6.92 Å². The van der Waals surface area contributed by atoms with E-state index in [1.54, 1.807) is 7.11 Å². The van der Waals surface area contributed by atoms with Gasteiger partial charge in [-0.1, -0.05) is 31.4 Å². The minimum atomic E-state index is -0.389. The summed E-state index contributed by atoms with van der Waals surface area (Å²) in [5.41, 5.74) is 8.67. The molecule has 0 amide bonds. The third-order valence-electron chi connectivity index (χ3n) is 5.87. The predicted octanol–water partition coefficient (Wildman–Crippen LogP) is 3.74. The van der Waals surface area contributed by atoms with E-state index in [4.69, 9.17) is 26.8 Å². The van der Waals surface area contributed by atoms with Crippen LogP contribution in [0.2, 0.25) is 5.15 Å². The van der Waals surface area contributed by atoms with Gasteiger partial charge in [0.2, 0.25) is 11.6 Å². The van der Waals surface area contributed by atoms with Gasteiger partial charge in [-0.3, -0.25) is 9.59 Å². The maximum atomic E-state index is 13.4. The molecule has 7 nitrogen and oxygen atoms in total. The van der Waals surface area contributed by atoms with Crippen LogP contribution in [-0.4, -0.2) is 41.9 Å². The quantitative estimate of drug-likeness (QED) is 0.376. The number of allylic oxidation sites excluding steroid dienone is 2. The number of carbonyl (C=O) groups is 2. The van der Waals surface area contributed by atoms with Crippen LogP contribution in [0.3, 0.4) is 0 Å². The maximum absolute atomic E-state index is 13.4. The van der Waals surface area contributed by atoms with Crippen LogP contribution >= 0.6 is 11.6 Å². The van der Waals surface area contributed by atoms with Crippen LogP contribution in [0.15, 0.2) is 11.3 Å². The molecule has 3 rings (SSSR count). The summed E-state index contributed by atoms with van der Waals surface area (Å²) in [7, 11) is 1.64. The van der Waals surface area contributed by atoms with Crippen molar-refractivity contribution in [3.05, 3.63) is 33.5 Å². The van der Waals surface area contributed by atoms with Gasteiger partial charge in [-0.2, -0.15) is 0 Å². The maximum Gasteiger partial charge on any atom is 0.228 e. The molecule has 2 N–H and O–H groups in total. The lowest BCUT2D eigenvalue weighted by molar-refractivity contribution is -0.123. The number of fused-ring (bicyclic) bond motifs is 1. The summed E-state index contributed by atoms with van der Waals surface area (Å²) in [5.74, 6) is -0.592. The highest BCUT2D eigenvalue weighted by atomic mass is 35.5. The summed E-state index contributed by atoms with van der Waals surface area (Å²) in [6.07, 6.45) is 4.94. The van der Waals surface area contributed by atoms with Gasteiger partial charge in [0.15, 0.2) is 0 Å². The molecular formula is C22H30ClN3O4. The van der Waals surface area contributed by atoms with Gasteiger partial charge in [0, 0.05) is 42.9 Å². The average Bonchev–Trinajstić information content (AvgIpc) is 2.75. The Morgan fingerprint density at radius 1 is 1.33 bits per heavy atom. The second-order valence-electron chi connectivity index (χ2n) is 7.97. The Hall–Kier alpha value is -1.83. The number of rotatable bonds is 8. The molecule has 1 aromatic rings. The smallest absolute Gasteiger partial charge is 0.228 e. The minimum Gasteiger partial charge on any atom is -0.401 e. The predicted molar refractivity (Wildman–Crippen MR) is 113 cm³/mol. The molecule has 1 aliphatic heterocycles. The number of ketones is 2. The van der Waals surface area contributed by atoms with Gasteiger partial charge in [0.05, 0.1) is 24.8 Å². The molecule has 0 spiro atoms. The lowest BCUT2D eigenvalue weighted by atomic mass is 9.83. The molecule has 1 aliphatic carbocycles. The summed E-state index contributed by atoms with van der Waals surface area (Å²) in [4.78, 5) is 34.7. The van der Waals surface area contributed by atoms with Crippen molar-refractivity contribution in [2.24, 2.45) is 11.7 Å². The first kappa shape index (κ1) is 22.8. The third kappa shape index (κ3) is 4.90. The average molecular weight is 436 g/mol. The van der Waals surface area contributed by atoms with Crippen molar-refractivity contribution >= 4 is 23.2 Å². The van der Waals surface area contributed by atoms with Crippen molar-refractivity contribution in [2.45, 2.75) is 64.4 Å². The van der Waals surface area contributed by atoms with Crippen molar-refractivity contribution in [3.8, 4) is 0 Å². The van der Waals surface area contributed by atoms with Gasteiger partial charge >= 0.3 is 0 Å². The number of nitrogens with two attached hydrogens (primary N) is 1. The Morgan fingerprint density at radius 3 is 2.83 bits per heavy atom. The largest absolute Gasteiger partial charge is 0.401 e. The number of carbonyl (C=O) groups excluding carboxylic acids is 2. The minimum absolute atomic E-state index is 0.0170. The van der Waals surface area contributed by atoms with Crippen LogP contribution in [0.4, 0.5) is 0 Å². The van der Waals surface area contributed by atoms with Gasteiger partial charge in [-0.05, 0) is 25.7 Å². The standard InChI is InChI=1S/C22H30ClN3O4/c1-3-6-15(18(24)14-7-4-5-8-17(14)27)20(28)22-25-19-13(9-10-29-2)11-30-12-16(19)21(23)26-22/h13-14H,3-12,24H2,1-2H3/b18-15-/t13-,14?/m0/s1. The second kappa shape index (κ2) is 10.5. The van der Waals surface area contributed by atoms with Crippen LogP contribution in [0.1, 0.15) is 79.7 Å². The molecule has 2 aliphatic rings. The third-order valence-corrected chi connectivity index (χ3v) is 6.18. The van der Waals surface area contributed by atoms with Gasteiger partial charge in [-0.25, -0.2) is 9.97 Å². The van der Waals surface area contributed by atoms with Gasteiger partial charge < -0.3 is 15.2 Å². The highest BCUT2D eigenvalue weighted by Gasteiger charge is 2.31. The molecule has 1 unspecified atom stereocenters. The number of ether oxygens (including phenoxy) is 2.